The molecule has 0 unspecified atom stereocenters. The van der Waals surface area contributed by atoms with E-state index in [1.165, 1.54) is 28.8 Å². The first-order valence-electron chi connectivity index (χ1n) is 7.32. The van der Waals surface area contributed by atoms with Crippen LogP contribution in [0.1, 0.15) is 26.9 Å². The lowest BCUT2D eigenvalue weighted by molar-refractivity contribution is -0.137. The lowest BCUT2D eigenvalue weighted by Gasteiger charge is -2.25. The van der Waals surface area contributed by atoms with E-state index in [0.29, 0.717) is 27.9 Å². The second-order valence-corrected chi connectivity index (χ2v) is 7.50. The molecule has 1 aliphatic rings. The molecule has 2 aromatic rings. The molecule has 0 spiro atoms. The molecule has 0 N–H and O–H groups in total. The Hall–Kier alpha value is -1.37. The van der Waals surface area contributed by atoms with E-state index in [4.69, 9.17) is 23.2 Å². The van der Waals surface area contributed by atoms with E-state index in [1.807, 2.05) is 0 Å². The third kappa shape index (κ3) is 3.91. The number of amides is 1. The average molecular weight is 406 g/mol. The van der Waals surface area contributed by atoms with Crippen LogP contribution in [-0.2, 0) is 6.18 Å². The van der Waals surface area contributed by atoms with Crippen LogP contribution in [0.3, 0.4) is 0 Å². The molecule has 2 aromatic carbocycles. The lowest BCUT2D eigenvalue weighted by atomic mass is 10.1. The maximum atomic E-state index is 12.9. The Labute approximate surface area is 156 Å². The van der Waals surface area contributed by atoms with Crippen molar-refractivity contribution in [2.75, 3.05) is 12.3 Å². The summed E-state index contributed by atoms with van der Waals surface area (Å²) in [7, 11) is 0. The van der Waals surface area contributed by atoms with Crippen LogP contribution in [0.25, 0.3) is 0 Å². The molecule has 1 atom stereocenters. The van der Waals surface area contributed by atoms with Crippen molar-refractivity contribution >= 4 is 40.9 Å². The van der Waals surface area contributed by atoms with Crippen molar-refractivity contribution in [3.8, 4) is 0 Å². The Morgan fingerprint density at radius 2 is 1.92 bits per heavy atom. The molecule has 0 aromatic heterocycles. The standard InChI is InChI=1S/C17H12Cl2F3NOS/c18-12-4-5-13(14(19)9-12)16-23(6-7-25-16)15(24)10-2-1-3-11(8-10)17(20,21)22/h1-5,8-9,16H,6-7H2/t16-/m1/s1. The summed E-state index contributed by atoms with van der Waals surface area (Å²) < 4.78 is 38.6. The minimum Gasteiger partial charge on any atom is -0.322 e. The van der Waals surface area contributed by atoms with Crippen LogP contribution in [0, 0.1) is 0 Å². The second-order valence-electron chi connectivity index (χ2n) is 5.47. The number of alkyl halides is 3. The Morgan fingerprint density at radius 3 is 2.60 bits per heavy atom. The highest BCUT2D eigenvalue weighted by molar-refractivity contribution is 7.99. The van der Waals surface area contributed by atoms with Gasteiger partial charge in [0.05, 0.1) is 5.56 Å². The number of carbonyl (C=O) groups excluding carboxylic acids is 1. The molecule has 1 fully saturated rings. The van der Waals surface area contributed by atoms with E-state index in [0.717, 1.165) is 12.1 Å². The van der Waals surface area contributed by atoms with Gasteiger partial charge < -0.3 is 4.90 Å². The van der Waals surface area contributed by atoms with Gasteiger partial charge in [0.25, 0.3) is 5.91 Å². The van der Waals surface area contributed by atoms with Gasteiger partial charge in [-0.3, -0.25) is 4.79 Å². The number of hydrogen-bond donors (Lipinski definition) is 0. The average Bonchev–Trinajstić information content (AvgIpc) is 3.03. The van der Waals surface area contributed by atoms with Gasteiger partial charge in [0.15, 0.2) is 0 Å². The molecule has 0 radical (unpaired) electrons. The van der Waals surface area contributed by atoms with Gasteiger partial charge in [0.2, 0.25) is 0 Å². The predicted molar refractivity (Wildman–Crippen MR) is 94.1 cm³/mol. The third-order valence-electron chi connectivity index (χ3n) is 3.82. The number of thioether (sulfide) groups is 1. The summed E-state index contributed by atoms with van der Waals surface area (Å²) in [6.07, 6.45) is -4.49. The largest absolute Gasteiger partial charge is 0.416 e. The number of rotatable bonds is 2. The van der Waals surface area contributed by atoms with Crippen molar-refractivity contribution in [2.45, 2.75) is 11.6 Å². The maximum absolute atomic E-state index is 12.9. The Kier molecular flexibility index (Phi) is 5.23. The highest BCUT2D eigenvalue weighted by Gasteiger charge is 2.35. The van der Waals surface area contributed by atoms with Gasteiger partial charge in [-0.05, 0) is 30.3 Å². The summed E-state index contributed by atoms with van der Waals surface area (Å²) in [5.41, 5.74) is -0.118. The SMILES string of the molecule is O=C(c1cccc(C(F)(F)F)c1)N1CCS[C@@H]1c1ccc(Cl)cc1Cl. The molecule has 132 valence electrons. The van der Waals surface area contributed by atoms with E-state index >= 15 is 0 Å². The Bertz CT molecular complexity index is 813. The normalized spacial score (nSPS) is 17.8. The van der Waals surface area contributed by atoms with Crippen molar-refractivity contribution in [3.63, 3.8) is 0 Å². The zero-order valence-corrected chi connectivity index (χ0v) is 15.0. The van der Waals surface area contributed by atoms with E-state index in [1.54, 1.807) is 18.2 Å². The van der Waals surface area contributed by atoms with Crippen molar-refractivity contribution < 1.29 is 18.0 Å². The molecule has 8 heteroatoms. The summed E-state index contributed by atoms with van der Waals surface area (Å²) in [6, 6.07) is 9.46. The molecule has 2 nitrogen and oxygen atoms in total. The van der Waals surface area contributed by atoms with Crippen LogP contribution < -0.4 is 0 Å². The number of benzene rings is 2. The van der Waals surface area contributed by atoms with Crippen LogP contribution in [0.15, 0.2) is 42.5 Å². The summed E-state index contributed by atoms with van der Waals surface area (Å²) >= 11 is 13.6. The first-order chi connectivity index (χ1) is 11.8. The third-order valence-corrected chi connectivity index (χ3v) is 5.62. The van der Waals surface area contributed by atoms with Crippen LogP contribution in [0.2, 0.25) is 10.0 Å². The van der Waals surface area contributed by atoms with Gasteiger partial charge >= 0.3 is 6.18 Å². The topological polar surface area (TPSA) is 20.3 Å². The Balaban J connectivity index is 1.91. The molecule has 0 bridgehead atoms. The van der Waals surface area contributed by atoms with Crippen molar-refractivity contribution in [2.24, 2.45) is 0 Å². The smallest absolute Gasteiger partial charge is 0.322 e. The fourth-order valence-electron chi connectivity index (χ4n) is 2.63. The summed E-state index contributed by atoms with van der Waals surface area (Å²) in [5.74, 6) is 0.223. The quantitative estimate of drug-likeness (QED) is 0.619. The van der Waals surface area contributed by atoms with E-state index in [2.05, 4.69) is 0 Å². The van der Waals surface area contributed by atoms with Crippen LogP contribution in [0.5, 0.6) is 0 Å². The summed E-state index contributed by atoms with van der Waals surface area (Å²) in [5, 5.41) is 0.549. The second kappa shape index (κ2) is 7.09. The predicted octanol–water partition coefficient (Wildman–Crippen LogP) is 5.90. The van der Waals surface area contributed by atoms with E-state index in [-0.39, 0.29) is 10.9 Å². The molecular formula is C17H12Cl2F3NOS. The van der Waals surface area contributed by atoms with Gasteiger partial charge in [-0.15, -0.1) is 11.8 Å². The van der Waals surface area contributed by atoms with Crippen molar-refractivity contribution in [3.05, 3.63) is 69.2 Å². The minimum atomic E-state index is -4.49. The molecule has 1 saturated heterocycles. The van der Waals surface area contributed by atoms with Gasteiger partial charge in [-0.2, -0.15) is 13.2 Å². The molecular weight excluding hydrogens is 394 g/mol. The molecule has 1 heterocycles. The lowest BCUT2D eigenvalue weighted by Crippen LogP contribution is -2.30. The molecule has 0 aliphatic carbocycles. The fraction of sp³-hybridized carbons (Fsp3) is 0.235. The van der Waals surface area contributed by atoms with Crippen molar-refractivity contribution in [1.82, 2.24) is 4.90 Å². The van der Waals surface area contributed by atoms with Gasteiger partial charge in [-0.25, -0.2) is 0 Å². The number of halogens is 5. The zero-order chi connectivity index (χ0) is 18.2. The van der Waals surface area contributed by atoms with Crippen LogP contribution in [-0.4, -0.2) is 23.1 Å². The fourth-order valence-corrected chi connectivity index (χ4v) is 4.50. The first-order valence-corrected chi connectivity index (χ1v) is 9.12. The highest BCUT2D eigenvalue weighted by Crippen LogP contribution is 2.42. The molecule has 1 amide bonds. The molecule has 1 aliphatic heterocycles. The first kappa shape index (κ1) is 18.4. The molecule has 25 heavy (non-hydrogen) atoms. The Morgan fingerprint density at radius 1 is 1.16 bits per heavy atom. The summed E-state index contributed by atoms with van der Waals surface area (Å²) in [4.78, 5) is 14.3. The zero-order valence-electron chi connectivity index (χ0n) is 12.7. The number of carbonyl (C=O) groups is 1. The van der Waals surface area contributed by atoms with E-state index < -0.39 is 17.6 Å². The monoisotopic (exact) mass is 405 g/mol. The van der Waals surface area contributed by atoms with Crippen LogP contribution in [0.4, 0.5) is 13.2 Å². The highest BCUT2D eigenvalue weighted by atomic mass is 35.5. The van der Waals surface area contributed by atoms with Gasteiger partial charge in [-0.1, -0.05) is 35.3 Å². The molecule has 3 rings (SSSR count). The van der Waals surface area contributed by atoms with Crippen LogP contribution >= 0.6 is 35.0 Å². The number of hydrogen-bond acceptors (Lipinski definition) is 2. The molecule has 0 saturated carbocycles. The van der Waals surface area contributed by atoms with Gasteiger partial charge in [0, 0.05) is 33.5 Å². The maximum Gasteiger partial charge on any atom is 0.416 e. The van der Waals surface area contributed by atoms with Gasteiger partial charge in [0.1, 0.15) is 5.37 Å². The van der Waals surface area contributed by atoms with Crippen molar-refractivity contribution in [1.29, 1.82) is 0 Å². The van der Waals surface area contributed by atoms with E-state index in [9.17, 15) is 18.0 Å². The number of nitrogens with zero attached hydrogens (tertiary/aromatic N) is 1. The summed E-state index contributed by atoms with van der Waals surface area (Å²) in [6.45, 7) is 0.434. The minimum absolute atomic E-state index is 0.00686.